The van der Waals surface area contributed by atoms with Crippen LogP contribution in [0, 0.1) is 16.0 Å². The molecule has 0 radical (unpaired) electrons. The van der Waals surface area contributed by atoms with Crippen LogP contribution in [0.25, 0.3) is 0 Å². The first kappa shape index (κ1) is 14.6. The van der Waals surface area contributed by atoms with Crippen molar-refractivity contribution in [3.05, 3.63) is 22.2 Å². The summed E-state index contributed by atoms with van der Waals surface area (Å²) in [6.45, 7) is 2.13. The number of aromatic nitrogens is 1. The Morgan fingerprint density at radius 3 is 2.55 bits per heavy atom. The van der Waals surface area contributed by atoms with Gasteiger partial charge in [-0.25, -0.2) is 4.98 Å². The molecule has 1 aromatic heterocycles. The van der Waals surface area contributed by atoms with Crippen LogP contribution in [0.5, 0.6) is 0 Å². The Kier molecular flexibility index (Phi) is 4.76. The van der Waals surface area contributed by atoms with E-state index in [1.807, 2.05) is 0 Å². The molecular formula is C14H22N4O2. The van der Waals surface area contributed by atoms with Crippen LogP contribution in [0.3, 0.4) is 0 Å². The Hall–Kier alpha value is -1.85. The van der Waals surface area contributed by atoms with Gasteiger partial charge in [0.15, 0.2) is 0 Å². The molecule has 0 aromatic carbocycles. The van der Waals surface area contributed by atoms with Gasteiger partial charge in [0.1, 0.15) is 11.6 Å². The normalized spacial score (nSPS) is 17.5. The largest absolute Gasteiger partial charge is 0.373 e. The maximum absolute atomic E-state index is 10.9. The minimum absolute atomic E-state index is 0.0581. The van der Waals surface area contributed by atoms with Gasteiger partial charge in [-0.2, -0.15) is 0 Å². The van der Waals surface area contributed by atoms with Crippen LogP contribution in [-0.2, 0) is 0 Å². The molecule has 1 aliphatic carbocycles. The summed E-state index contributed by atoms with van der Waals surface area (Å²) in [5, 5.41) is 17.1. The maximum Gasteiger partial charge on any atom is 0.276 e. The van der Waals surface area contributed by atoms with E-state index in [9.17, 15) is 10.1 Å². The Morgan fingerprint density at radius 2 is 1.95 bits per heavy atom. The highest BCUT2D eigenvalue weighted by atomic mass is 16.6. The average Bonchev–Trinajstić information content (AvgIpc) is 2.47. The molecular weight excluding hydrogens is 256 g/mol. The molecule has 6 heteroatoms. The van der Waals surface area contributed by atoms with Crippen molar-refractivity contribution in [2.24, 2.45) is 5.92 Å². The van der Waals surface area contributed by atoms with Crippen LogP contribution in [0.4, 0.5) is 17.3 Å². The lowest BCUT2D eigenvalue weighted by Gasteiger charge is -2.28. The van der Waals surface area contributed by atoms with Gasteiger partial charge in [-0.1, -0.05) is 19.3 Å². The third-order valence-corrected chi connectivity index (χ3v) is 4.01. The maximum atomic E-state index is 10.9. The van der Waals surface area contributed by atoms with Crippen LogP contribution in [0.1, 0.15) is 39.0 Å². The molecule has 0 saturated heterocycles. The molecule has 2 N–H and O–H groups in total. The molecule has 6 nitrogen and oxygen atoms in total. The lowest BCUT2D eigenvalue weighted by Crippen LogP contribution is -2.28. The predicted molar refractivity (Wildman–Crippen MR) is 80.1 cm³/mol. The second kappa shape index (κ2) is 6.54. The monoisotopic (exact) mass is 278 g/mol. The lowest BCUT2D eigenvalue weighted by atomic mass is 9.84. The molecule has 1 heterocycles. The van der Waals surface area contributed by atoms with E-state index in [-0.39, 0.29) is 16.7 Å². The van der Waals surface area contributed by atoms with Gasteiger partial charge in [0.05, 0.1) is 17.1 Å². The van der Waals surface area contributed by atoms with Gasteiger partial charge in [-0.3, -0.25) is 10.1 Å². The highest BCUT2D eigenvalue weighted by Crippen LogP contribution is 2.28. The molecule has 0 bridgehead atoms. The highest BCUT2D eigenvalue weighted by Gasteiger charge is 2.21. The summed E-state index contributed by atoms with van der Waals surface area (Å²) in [5.74, 6) is 1.71. The zero-order chi connectivity index (χ0) is 14.5. The summed E-state index contributed by atoms with van der Waals surface area (Å²) in [6, 6.07) is 3.23. The Bertz CT molecular complexity index is 472. The van der Waals surface area contributed by atoms with Gasteiger partial charge in [0.25, 0.3) is 5.69 Å². The molecule has 1 aromatic rings. The molecule has 1 saturated carbocycles. The quantitative estimate of drug-likeness (QED) is 0.637. The molecule has 0 amide bonds. The summed E-state index contributed by atoms with van der Waals surface area (Å²) >= 11 is 0. The number of pyridine rings is 1. The highest BCUT2D eigenvalue weighted by molar-refractivity contribution is 5.54. The van der Waals surface area contributed by atoms with Gasteiger partial charge in [0.2, 0.25) is 0 Å². The van der Waals surface area contributed by atoms with Crippen molar-refractivity contribution in [3.8, 4) is 0 Å². The molecule has 1 atom stereocenters. The van der Waals surface area contributed by atoms with Crippen molar-refractivity contribution in [1.82, 2.24) is 4.98 Å². The zero-order valence-electron chi connectivity index (χ0n) is 12.1. The third kappa shape index (κ3) is 3.59. The van der Waals surface area contributed by atoms with Crippen molar-refractivity contribution in [2.75, 3.05) is 17.7 Å². The van der Waals surface area contributed by atoms with Gasteiger partial charge in [-0.05, 0) is 25.7 Å². The fraction of sp³-hybridized carbons (Fsp3) is 0.643. The molecule has 1 fully saturated rings. The van der Waals surface area contributed by atoms with Crippen molar-refractivity contribution in [3.63, 3.8) is 0 Å². The molecule has 2 rings (SSSR count). The van der Waals surface area contributed by atoms with Crippen molar-refractivity contribution in [1.29, 1.82) is 0 Å². The second-order valence-electron chi connectivity index (χ2n) is 5.43. The summed E-state index contributed by atoms with van der Waals surface area (Å²) in [6.07, 6.45) is 6.33. The summed E-state index contributed by atoms with van der Waals surface area (Å²) < 4.78 is 0. The third-order valence-electron chi connectivity index (χ3n) is 4.01. The summed E-state index contributed by atoms with van der Waals surface area (Å²) in [5.41, 5.74) is 0.0581. The van der Waals surface area contributed by atoms with Crippen LogP contribution >= 0.6 is 0 Å². The van der Waals surface area contributed by atoms with E-state index >= 15 is 0 Å². The number of anilines is 2. The van der Waals surface area contributed by atoms with Gasteiger partial charge in [0, 0.05) is 13.1 Å². The number of hydrogen-bond donors (Lipinski definition) is 2. The van der Waals surface area contributed by atoms with Crippen LogP contribution in [-0.4, -0.2) is 23.0 Å². The SMILES string of the molecule is CNc1cc([N+](=O)[O-])cc(NC(C)C2CCCCC2)n1. The van der Waals surface area contributed by atoms with Gasteiger partial charge < -0.3 is 10.6 Å². The first-order chi connectivity index (χ1) is 9.60. The van der Waals surface area contributed by atoms with E-state index in [1.54, 1.807) is 7.05 Å². The molecule has 20 heavy (non-hydrogen) atoms. The fourth-order valence-electron chi connectivity index (χ4n) is 2.81. The van der Waals surface area contributed by atoms with Gasteiger partial charge in [-0.15, -0.1) is 0 Å². The predicted octanol–water partition coefficient (Wildman–Crippen LogP) is 3.41. The number of nitrogens with zero attached hydrogens (tertiary/aromatic N) is 2. The molecule has 0 aliphatic heterocycles. The fourth-order valence-corrected chi connectivity index (χ4v) is 2.81. The Labute approximate surface area is 119 Å². The minimum Gasteiger partial charge on any atom is -0.373 e. The summed E-state index contributed by atoms with van der Waals surface area (Å²) in [4.78, 5) is 14.9. The number of hydrogen-bond acceptors (Lipinski definition) is 5. The minimum atomic E-state index is -0.390. The number of nitrogens with one attached hydrogen (secondary N) is 2. The van der Waals surface area contributed by atoms with E-state index in [4.69, 9.17) is 0 Å². The standard InChI is InChI=1S/C14H22N4O2/c1-10(11-6-4-3-5-7-11)16-14-9-12(18(19)20)8-13(15-2)17-14/h8-11H,3-7H2,1-2H3,(H2,15,16,17). The van der Waals surface area contributed by atoms with E-state index < -0.39 is 0 Å². The van der Waals surface area contributed by atoms with E-state index in [0.29, 0.717) is 17.6 Å². The molecule has 110 valence electrons. The van der Waals surface area contributed by atoms with Crippen LogP contribution < -0.4 is 10.6 Å². The van der Waals surface area contributed by atoms with E-state index in [2.05, 4.69) is 22.5 Å². The van der Waals surface area contributed by atoms with E-state index in [0.717, 1.165) is 0 Å². The Balaban J connectivity index is 2.11. The lowest BCUT2D eigenvalue weighted by molar-refractivity contribution is -0.384. The second-order valence-corrected chi connectivity index (χ2v) is 5.43. The number of rotatable bonds is 5. The smallest absolute Gasteiger partial charge is 0.276 e. The first-order valence-electron chi connectivity index (χ1n) is 7.21. The van der Waals surface area contributed by atoms with E-state index in [1.165, 1.54) is 44.2 Å². The van der Waals surface area contributed by atoms with Crippen LogP contribution in [0.2, 0.25) is 0 Å². The molecule has 1 unspecified atom stereocenters. The molecule has 1 aliphatic rings. The van der Waals surface area contributed by atoms with Gasteiger partial charge >= 0.3 is 0 Å². The molecule has 0 spiro atoms. The topological polar surface area (TPSA) is 80.1 Å². The van der Waals surface area contributed by atoms with Crippen LogP contribution in [0.15, 0.2) is 12.1 Å². The summed E-state index contributed by atoms with van der Waals surface area (Å²) in [7, 11) is 1.71. The van der Waals surface area contributed by atoms with Crippen molar-refractivity contribution in [2.45, 2.75) is 45.1 Å². The van der Waals surface area contributed by atoms with Crippen molar-refractivity contribution < 1.29 is 4.92 Å². The Morgan fingerprint density at radius 1 is 1.30 bits per heavy atom. The average molecular weight is 278 g/mol. The van der Waals surface area contributed by atoms with Crippen molar-refractivity contribution >= 4 is 17.3 Å². The first-order valence-corrected chi connectivity index (χ1v) is 7.21. The zero-order valence-corrected chi connectivity index (χ0v) is 12.1. The number of nitro groups is 1.